The molecule has 106 valence electrons. The van der Waals surface area contributed by atoms with Gasteiger partial charge in [-0.2, -0.15) is 0 Å². The summed E-state index contributed by atoms with van der Waals surface area (Å²) in [6.07, 6.45) is 2.41. The van der Waals surface area contributed by atoms with E-state index in [1.807, 2.05) is 5.38 Å². The third-order valence-corrected chi connectivity index (χ3v) is 3.82. The molecule has 0 aliphatic rings. The van der Waals surface area contributed by atoms with E-state index in [9.17, 15) is 14.9 Å². The lowest BCUT2D eigenvalue weighted by atomic mass is 10.1. The molecule has 0 amide bonds. The van der Waals surface area contributed by atoms with Crippen LogP contribution in [-0.2, 0) is 0 Å². The molecule has 0 fully saturated rings. The molecule has 0 atom stereocenters. The zero-order valence-electron chi connectivity index (χ0n) is 10.8. The molecule has 1 aromatic carbocycles. The maximum atomic E-state index is 11.4. The first-order valence-electron chi connectivity index (χ1n) is 5.89. The number of thiazole rings is 1. The van der Waals surface area contributed by atoms with Crippen LogP contribution in [0.2, 0.25) is 0 Å². The number of nitrogens with zero attached hydrogens (tertiary/aromatic N) is 3. The van der Waals surface area contributed by atoms with Crippen molar-refractivity contribution in [2.75, 3.05) is 7.11 Å². The number of rotatable bonds is 4. The molecule has 2 aromatic heterocycles. The highest BCUT2D eigenvalue weighted by atomic mass is 32.1. The van der Waals surface area contributed by atoms with Gasteiger partial charge in [-0.05, 0) is 6.07 Å². The maximum Gasteiger partial charge on any atom is 0.270 e. The predicted molar refractivity (Wildman–Crippen MR) is 77.1 cm³/mol. The van der Waals surface area contributed by atoms with Gasteiger partial charge in [0.15, 0.2) is 11.2 Å². The van der Waals surface area contributed by atoms with E-state index in [0.29, 0.717) is 33.9 Å². The summed E-state index contributed by atoms with van der Waals surface area (Å²) < 4.78 is 6.87. The Morgan fingerprint density at radius 1 is 1.48 bits per heavy atom. The van der Waals surface area contributed by atoms with Crippen LogP contribution >= 0.6 is 11.3 Å². The highest BCUT2D eigenvalue weighted by molar-refractivity contribution is 7.15. The summed E-state index contributed by atoms with van der Waals surface area (Å²) in [5, 5.41) is 12.7. The summed E-state index contributed by atoms with van der Waals surface area (Å²) in [6, 6.07) is 4.20. The van der Waals surface area contributed by atoms with E-state index in [-0.39, 0.29) is 5.69 Å². The van der Waals surface area contributed by atoms with Gasteiger partial charge in [-0.15, -0.1) is 11.3 Å². The average Bonchev–Trinajstić information content (AvgIpc) is 3.06. The van der Waals surface area contributed by atoms with Gasteiger partial charge in [-0.1, -0.05) is 0 Å². The standard InChI is InChI=1S/C13H9N3O4S/c1-20-11-3-2-8(16(18)19)6-9(11)12-10(7-17)15-4-5-21-13(15)14-12/h2-7H,1H3. The van der Waals surface area contributed by atoms with Crippen LogP contribution in [0.4, 0.5) is 5.69 Å². The number of hydrogen-bond acceptors (Lipinski definition) is 6. The smallest absolute Gasteiger partial charge is 0.270 e. The predicted octanol–water partition coefficient (Wildman–Crippen LogP) is 2.79. The number of imidazole rings is 1. The third-order valence-electron chi connectivity index (χ3n) is 3.06. The van der Waals surface area contributed by atoms with Crippen molar-refractivity contribution in [2.45, 2.75) is 0 Å². The normalized spacial score (nSPS) is 10.7. The minimum atomic E-state index is -0.498. The number of fused-ring (bicyclic) bond motifs is 1. The van der Waals surface area contributed by atoms with Gasteiger partial charge in [-0.3, -0.25) is 19.3 Å². The molecule has 0 saturated carbocycles. The van der Waals surface area contributed by atoms with Crippen molar-refractivity contribution in [1.29, 1.82) is 0 Å². The van der Waals surface area contributed by atoms with Crippen molar-refractivity contribution >= 4 is 28.3 Å². The number of nitro benzene ring substituents is 1. The zero-order valence-corrected chi connectivity index (χ0v) is 11.7. The molecular formula is C13H9N3O4S. The topological polar surface area (TPSA) is 86.7 Å². The Kier molecular flexibility index (Phi) is 3.15. The fourth-order valence-corrected chi connectivity index (χ4v) is 2.83. The van der Waals surface area contributed by atoms with Crippen molar-refractivity contribution in [1.82, 2.24) is 9.38 Å². The van der Waals surface area contributed by atoms with Gasteiger partial charge >= 0.3 is 0 Å². The minimum Gasteiger partial charge on any atom is -0.496 e. The molecule has 0 aliphatic heterocycles. The number of nitro groups is 1. The lowest BCUT2D eigenvalue weighted by molar-refractivity contribution is -0.384. The second-order valence-electron chi connectivity index (χ2n) is 4.16. The van der Waals surface area contributed by atoms with Gasteiger partial charge in [0.05, 0.1) is 17.6 Å². The number of hydrogen-bond donors (Lipinski definition) is 0. The van der Waals surface area contributed by atoms with Crippen molar-refractivity contribution in [2.24, 2.45) is 0 Å². The molecule has 0 saturated heterocycles. The average molecular weight is 303 g/mol. The fraction of sp³-hybridized carbons (Fsp3) is 0.0769. The molecule has 21 heavy (non-hydrogen) atoms. The number of aromatic nitrogens is 2. The van der Waals surface area contributed by atoms with Crippen LogP contribution in [0.15, 0.2) is 29.8 Å². The SMILES string of the molecule is COc1ccc([N+](=O)[O-])cc1-c1nc2sccn2c1C=O. The molecule has 0 spiro atoms. The largest absolute Gasteiger partial charge is 0.496 e. The quantitative estimate of drug-likeness (QED) is 0.420. The maximum absolute atomic E-state index is 11.4. The van der Waals surface area contributed by atoms with Gasteiger partial charge < -0.3 is 4.74 Å². The Hall–Kier alpha value is -2.74. The Labute approximate surface area is 122 Å². The number of ether oxygens (including phenoxy) is 1. The molecule has 7 nitrogen and oxygen atoms in total. The molecule has 0 unspecified atom stereocenters. The minimum absolute atomic E-state index is 0.0843. The van der Waals surface area contributed by atoms with Crippen LogP contribution in [-0.4, -0.2) is 27.7 Å². The molecule has 8 heteroatoms. The van der Waals surface area contributed by atoms with E-state index >= 15 is 0 Å². The lowest BCUT2D eigenvalue weighted by Crippen LogP contribution is -1.95. The molecule has 0 aliphatic carbocycles. The van der Waals surface area contributed by atoms with E-state index in [0.717, 1.165) is 0 Å². The van der Waals surface area contributed by atoms with Crippen LogP contribution in [0.3, 0.4) is 0 Å². The van der Waals surface area contributed by atoms with E-state index in [1.54, 1.807) is 10.6 Å². The number of carbonyl (C=O) groups excluding carboxylic acids is 1. The molecule has 0 bridgehead atoms. The Balaban J connectivity index is 2.30. The molecule has 0 N–H and O–H groups in total. The first-order chi connectivity index (χ1) is 10.2. The highest BCUT2D eigenvalue weighted by Gasteiger charge is 2.20. The number of carbonyl (C=O) groups is 1. The Morgan fingerprint density at radius 3 is 2.95 bits per heavy atom. The fourth-order valence-electron chi connectivity index (χ4n) is 2.11. The van der Waals surface area contributed by atoms with Gasteiger partial charge in [0, 0.05) is 23.7 Å². The number of aldehydes is 1. The summed E-state index contributed by atoms with van der Waals surface area (Å²) >= 11 is 1.37. The van der Waals surface area contributed by atoms with Crippen molar-refractivity contribution in [3.05, 3.63) is 45.6 Å². The van der Waals surface area contributed by atoms with Crippen molar-refractivity contribution < 1.29 is 14.5 Å². The number of methoxy groups -OCH3 is 1. The van der Waals surface area contributed by atoms with Crippen molar-refractivity contribution in [3.63, 3.8) is 0 Å². The summed E-state index contributed by atoms with van der Waals surface area (Å²) in [4.78, 5) is 26.8. The van der Waals surface area contributed by atoms with Crippen LogP contribution in [0.5, 0.6) is 5.75 Å². The first kappa shape index (κ1) is 13.3. The first-order valence-corrected chi connectivity index (χ1v) is 6.77. The lowest BCUT2D eigenvalue weighted by Gasteiger charge is -2.06. The molecule has 2 heterocycles. The molecular weight excluding hydrogens is 294 g/mol. The van der Waals surface area contributed by atoms with E-state index in [1.165, 1.54) is 36.6 Å². The van der Waals surface area contributed by atoms with Crippen LogP contribution in [0, 0.1) is 10.1 Å². The van der Waals surface area contributed by atoms with Crippen LogP contribution in [0.1, 0.15) is 10.5 Å². The Bertz CT molecular complexity index is 852. The highest BCUT2D eigenvalue weighted by Crippen LogP contribution is 2.35. The summed E-state index contributed by atoms with van der Waals surface area (Å²) in [5.74, 6) is 0.425. The second kappa shape index (κ2) is 4.98. The van der Waals surface area contributed by atoms with Gasteiger partial charge in [0.25, 0.3) is 5.69 Å². The summed E-state index contributed by atoms with van der Waals surface area (Å²) in [7, 11) is 1.46. The van der Waals surface area contributed by atoms with Crippen LogP contribution in [0.25, 0.3) is 16.2 Å². The number of non-ortho nitro benzene ring substituents is 1. The van der Waals surface area contributed by atoms with Crippen LogP contribution < -0.4 is 4.74 Å². The van der Waals surface area contributed by atoms with E-state index in [2.05, 4.69) is 4.98 Å². The zero-order chi connectivity index (χ0) is 15.0. The van der Waals surface area contributed by atoms with Crippen molar-refractivity contribution in [3.8, 4) is 17.0 Å². The Morgan fingerprint density at radius 2 is 2.29 bits per heavy atom. The van der Waals surface area contributed by atoms with E-state index in [4.69, 9.17) is 4.74 Å². The molecule has 3 rings (SSSR count). The summed E-state index contributed by atoms with van der Waals surface area (Å²) in [5.41, 5.74) is 1.05. The third kappa shape index (κ3) is 2.05. The van der Waals surface area contributed by atoms with Gasteiger partial charge in [-0.25, -0.2) is 4.98 Å². The second-order valence-corrected chi connectivity index (χ2v) is 5.03. The molecule has 0 radical (unpaired) electrons. The monoisotopic (exact) mass is 303 g/mol. The van der Waals surface area contributed by atoms with E-state index < -0.39 is 4.92 Å². The summed E-state index contributed by atoms with van der Waals surface area (Å²) in [6.45, 7) is 0. The number of benzene rings is 1. The van der Waals surface area contributed by atoms with Gasteiger partial charge in [0.2, 0.25) is 0 Å². The molecule has 3 aromatic rings. The van der Waals surface area contributed by atoms with Gasteiger partial charge in [0.1, 0.15) is 17.1 Å².